The van der Waals surface area contributed by atoms with Crippen LogP contribution in [0.4, 0.5) is 0 Å². The summed E-state index contributed by atoms with van der Waals surface area (Å²) in [5, 5.41) is 15.6. The summed E-state index contributed by atoms with van der Waals surface area (Å²) in [6.45, 7) is 2.06. The minimum Gasteiger partial charge on any atom is -0.497 e. The Hall–Kier alpha value is -1.92. The third-order valence-corrected chi connectivity index (χ3v) is 3.80. The molecule has 21 heavy (non-hydrogen) atoms. The number of methoxy groups -OCH3 is 1. The number of carbonyl (C=O) groups excluding carboxylic acids is 1. The Morgan fingerprint density at radius 3 is 3.00 bits per heavy atom. The number of carbonyl (C=O) groups is 1. The summed E-state index contributed by atoms with van der Waals surface area (Å²) in [5.41, 5.74) is 1.46. The van der Waals surface area contributed by atoms with E-state index < -0.39 is 6.10 Å². The van der Waals surface area contributed by atoms with Gasteiger partial charge in [0.1, 0.15) is 5.75 Å². The van der Waals surface area contributed by atoms with Gasteiger partial charge in [-0.25, -0.2) is 4.98 Å². The molecule has 1 aromatic carbocycles. The normalized spacial score (nSPS) is 12.0. The minimum atomic E-state index is -0.763. The molecule has 1 heterocycles. The number of aromatic nitrogens is 1. The van der Waals surface area contributed by atoms with Crippen LogP contribution in [0.3, 0.4) is 0 Å². The van der Waals surface area contributed by atoms with Crippen LogP contribution in [0.25, 0.3) is 0 Å². The first-order chi connectivity index (χ1) is 10.1. The number of benzene rings is 1. The highest BCUT2D eigenvalue weighted by atomic mass is 32.1. The molecule has 0 unspecified atom stereocenters. The maximum Gasteiger partial charge on any atom is 0.226 e. The van der Waals surface area contributed by atoms with Gasteiger partial charge in [-0.05, 0) is 24.6 Å². The molecule has 5 nitrogen and oxygen atoms in total. The number of nitrogens with zero attached hydrogens (tertiary/aromatic N) is 1. The molecule has 0 aliphatic rings. The predicted molar refractivity (Wildman–Crippen MR) is 81.5 cm³/mol. The Morgan fingerprint density at radius 2 is 2.33 bits per heavy atom. The van der Waals surface area contributed by atoms with E-state index in [9.17, 15) is 9.90 Å². The predicted octanol–water partition coefficient (Wildman–Crippen LogP) is 1.85. The second-order valence-corrected chi connectivity index (χ2v) is 5.69. The van der Waals surface area contributed by atoms with Crippen LogP contribution in [0, 0.1) is 6.92 Å². The van der Waals surface area contributed by atoms with Gasteiger partial charge in [0.25, 0.3) is 0 Å². The van der Waals surface area contributed by atoms with Crippen molar-refractivity contribution in [2.45, 2.75) is 19.4 Å². The molecule has 0 spiro atoms. The van der Waals surface area contributed by atoms with Gasteiger partial charge < -0.3 is 15.2 Å². The van der Waals surface area contributed by atoms with E-state index in [-0.39, 0.29) is 18.9 Å². The molecule has 0 aliphatic heterocycles. The van der Waals surface area contributed by atoms with E-state index in [1.807, 2.05) is 12.3 Å². The van der Waals surface area contributed by atoms with Crippen LogP contribution in [0.5, 0.6) is 5.75 Å². The van der Waals surface area contributed by atoms with E-state index in [0.29, 0.717) is 11.3 Å². The first-order valence-corrected chi connectivity index (χ1v) is 7.46. The lowest BCUT2D eigenvalue weighted by Crippen LogP contribution is -2.29. The molecular weight excluding hydrogens is 288 g/mol. The number of amides is 1. The smallest absolute Gasteiger partial charge is 0.226 e. The van der Waals surface area contributed by atoms with Crippen molar-refractivity contribution in [3.8, 4) is 5.75 Å². The number of nitrogens with one attached hydrogen (secondary N) is 1. The van der Waals surface area contributed by atoms with Crippen molar-refractivity contribution in [1.29, 1.82) is 0 Å². The van der Waals surface area contributed by atoms with Gasteiger partial charge in [-0.3, -0.25) is 4.79 Å². The molecule has 1 aromatic heterocycles. The summed E-state index contributed by atoms with van der Waals surface area (Å²) in [6.07, 6.45) is -0.531. The summed E-state index contributed by atoms with van der Waals surface area (Å²) in [6, 6.07) is 7.15. The Balaban J connectivity index is 1.85. The SMILES string of the molecule is COc1cccc([C@@H](O)CNC(=O)Cc2csc(C)n2)c1. The van der Waals surface area contributed by atoms with Crippen LogP contribution in [-0.2, 0) is 11.2 Å². The maximum atomic E-state index is 11.8. The number of hydrogen-bond donors (Lipinski definition) is 2. The number of aliphatic hydroxyl groups excluding tert-OH is 1. The fraction of sp³-hybridized carbons (Fsp3) is 0.333. The molecule has 0 bridgehead atoms. The molecule has 1 amide bonds. The first-order valence-electron chi connectivity index (χ1n) is 6.58. The van der Waals surface area contributed by atoms with Gasteiger partial charge in [0.2, 0.25) is 5.91 Å². The molecule has 2 rings (SSSR count). The molecule has 0 saturated carbocycles. The molecule has 0 radical (unpaired) electrons. The van der Waals surface area contributed by atoms with E-state index in [0.717, 1.165) is 10.7 Å². The summed E-state index contributed by atoms with van der Waals surface area (Å²) in [5.74, 6) is 0.526. The van der Waals surface area contributed by atoms with Crippen molar-refractivity contribution in [1.82, 2.24) is 10.3 Å². The molecule has 0 aliphatic carbocycles. The van der Waals surface area contributed by atoms with E-state index >= 15 is 0 Å². The third-order valence-electron chi connectivity index (χ3n) is 2.98. The quantitative estimate of drug-likeness (QED) is 0.854. The lowest BCUT2D eigenvalue weighted by Gasteiger charge is -2.13. The van der Waals surface area contributed by atoms with Crippen molar-refractivity contribution in [3.05, 3.63) is 45.9 Å². The van der Waals surface area contributed by atoms with Gasteiger partial charge >= 0.3 is 0 Å². The number of aryl methyl sites for hydroxylation is 1. The van der Waals surface area contributed by atoms with Crippen molar-refractivity contribution in [3.63, 3.8) is 0 Å². The zero-order valence-corrected chi connectivity index (χ0v) is 12.8. The van der Waals surface area contributed by atoms with Crippen LogP contribution in [0.1, 0.15) is 22.4 Å². The fourth-order valence-electron chi connectivity index (χ4n) is 1.89. The number of hydrogen-bond acceptors (Lipinski definition) is 5. The Morgan fingerprint density at radius 1 is 1.52 bits per heavy atom. The first kappa shape index (κ1) is 15.5. The van der Waals surface area contributed by atoms with Gasteiger partial charge in [0, 0.05) is 11.9 Å². The van der Waals surface area contributed by atoms with Crippen molar-refractivity contribution in [2.75, 3.05) is 13.7 Å². The largest absolute Gasteiger partial charge is 0.497 e. The second-order valence-electron chi connectivity index (χ2n) is 4.63. The van der Waals surface area contributed by atoms with E-state index in [4.69, 9.17) is 4.74 Å². The highest BCUT2D eigenvalue weighted by molar-refractivity contribution is 7.09. The minimum absolute atomic E-state index is 0.151. The van der Waals surface area contributed by atoms with Crippen LogP contribution in [-0.4, -0.2) is 29.7 Å². The van der Waals surface area contributed by atoms with E-state index in [1.165, 1.54) is 11.3 Å². The molecule has 0 fully saturated rings. The van der Waals surface area contributed by atoms with Crippen LogP contribution < -0.4 is 10.1 Å². The average molecular weight is 306 g/mol. The molecule has 6 heteroatoms. The monoisotopic (exact) mass is 306 g/mol. The Labute approximate surface area is 127 Å². The third kappa shape index (κ3) is 4.54. The number of rotatable bonds is 6. The van der Waals surface area contributed by atoms with Crippen molar-refractivity contribution >= 4 is 17.2 Å². The molecule has 0 saturated heterocycles. The Bertz CT molecular complexity index is 612. The summed E-state index contributed by atoms with van der Waals surface area (Å²) >= 11 is 1.52. The fourth-order valence-corrected chi connectivity index (χ4v) is 2.51. The topological polar surface area (TPSA) is 71.5 Å². The summed E-state index contributed by atoms with van der Waals surface area (Å²) < 4.78 is 5.11. The van der Waals surface area contributed by atoms with E-state index in [1.54, 1.807) is 31.4 Å². The number of ether oxygens (including phenoxy) is 1. The van der Waals surface area contributed by atoms with Crippen molar-refractivity contribution in [2.24, 2.45) is 0 Å². The van der Waals surface area contributed by atoms with Gasteiger partial charge in [-0.1, -0.05) is 12.1 Å². The Kier molecular flexibility index (Phi) is 5.30. The van der Waals surface area contributed by atoms with Gasteiger partial charge in [0.15, 0.2) is 0 Å². The zero-order valence-electron chi connectivity index (χ0n) is 12.0. The highest BCUT2D eigenvalue weighted by Crippen LogP contribution is 2.18. The number of aliphatic hydroxyl groups is 1. The van der Waals surface area contributed by atoms with Gasteiger partial charge in [-0.15, -0.1) is 11.3 Å². The molecular formula is C15H18N2O3S. The number of thiazole rings is 1. The standard InChI is InChI=1S/C15H18N2O3S/c1-10-17-12(9-21-10)7-15(19)16-8-14(18)11-4-3-5-13(6-11)20-2/h3-6,9,14,18H,7-8H2,1-2H3,(H,16,19)/t14-/m0/s1. The lowest BCUT2D eigenvalue weighted by atomic mass is 10.1. The zero-order chi connectivity index (χ0) is 15.2. The van der Waals surface area contributed by atoms with Gasteiger partial charge in [0.05, 0.1) is 30.3 Å². The maximum absolute atomic E-state index is 11.8. The lowest BCUT2D eigenvalue weighted by molar-refractivity contribution is -0.120. The summed E-state index contributed by atoms with van der Waals surface area (Å²) in [4.78, 5) is 16.0. The van der Waals surface area contributed by atoms with Crippen LogP contribution >= 0.6 is 11.3 Å². The molecule has 2 N–H and O–H groups in total. The second kappa shape index (κ2) is 7.19. The van der Waals surface area contributed by atoms with Crippen LogP contribution in [0.15, 0.2) is 29.6 Å². The highest BCUT2D eigenvalue weighted by Gasteiger charge is 2.11. The summed E-state index contributed by atoms with van der Waals surface area (Å²) in [7, 11) is 1.57. The van der Waals surface area contributed by atoms with Crippen LogP contribution in [0.2, 0.25) is 0 Å². The average Bonchev–Trinajstić information content (AvgIpc) is 2.90. The molecule has 1 atom stereocenters. The van der Waals surface area contributed by atoms with E-state index in [2.05, 4.69) is 10.3 Å². The molecule has 2 aromatic rings. The molecule has 112 valence electrons. The van der Waals surface area contributed by atoms with Crippen molar-refractivity contribution < 1.29 is 14.6 Å². The van der Waals surface area contributed by atoms with Gasteiger partial charge in [-0.2, -0.15) is 0 Å².